The zero-order valence-corrected chi connectivity index (χ0v) is 12.2. The van der Waals surface area contributed by atoms with Crippen LogP contribution in [0.1, 0.15) is 22.2 Å². The van der Waals surface area contributed by atoms with Gasteiger partial charge in [-0.15, -0.1) is 21.5 Å². The van der Waals surface area contributed by atoms with Crippen molar-refractivity contribution in [3.05, 3.63) is 52.6 Å². The molecule has 1 unspecified atom stereocenters. The van der Waals surface area contributed by atoms with E-state index in [1.165, 1.54) is 17.7 Å². The van der Waals surface area contributed by atoms with E-state index in [0.29, 0.717) is 11.2 Å². The van der Waals surface area contributed by atoms with Crippen molar-refractivity contribution >= 4 is 22.9 Å². The fourth-order valence-electron chi connectivity index (χ4n) is 1.99. The molecule has 1 atom stereocenters. The number of rotatable bonds is 4. The van der Waals surface area contributed by atoms with Crippen LogP contribution in [0.25, 0.3) is 5.65 Å². The van der Waals surface area contributed by atoms with Gasteiger partial charge in [-0.3, -0.25) is 9.20 Å². The van der Waals surface area contributed by atoms with E-state index in [-0.39, 0.29) is 12.5 Å². The first-order chi connectivity index (χ1) is 10.1. The highest BCUT2D eigenvalue weighted by atomic mass is 32.1. The van der Waals surface area contributed by atoms with Gasteiger partial charge in [-0.1, -0.05) is 6.07 Å². The molecule has 0 radical (unpaired) electrons. The number of hydrogen-bond donors (Lipinski definition) is 2. The molecule has 1 amide bonds. The van der Waals surface area contributed by atoms with E-state index in [1.807, 2.05) is 17.5 Å². The Morgan fingerprint density at radius 3 is 3.10 bits per heavy atom. The van der Waals surface area contributed by atoms with Crippen LogP contribution in [0.3, 0.4) is 0 Å². The molecule has 6 nitrogen and oxygen atoms in total. The maximum atomic E-state index is 12.2. The van der Waals surface area contributed by atoms with Crippen molar-refractivity contribution in [2.24, 2.45) is 0 Å². The fraction of sp³-hybridized carbons (Fsp3) is 0.214. The third-order valence-electron chi connectivity index (χ3n) is 3.20. The first kappa shape index (κ1) is 13.7. The van der Waals surface area contributed by atoms with E-state index >= 15 is 0 Å². The SMILES string of the molecule is CC(O)(CNC(=O)c1ccc2nncn2c1)c1cccs1. The van der Waals surface area contributed by atoms with Crippen LogP contribution in [-0.2, 0) is 5.60 Å². The molecule has 0 saturated carbocycles. The second-order valence-electron chi connectivity index (χ2n) is 4.95. The van der Waals surface area contributed by atoms with Gasteiger partial charge in [0.1, 0.15) is 11.9 Å². The van der Waals surface area contributed by atoms with E-state index in [4.69, 9.17) is 0 Å². The molecule has 0 aromatic carbocycles. The van der Waals surface area contributed by atoms with Crippen LogP contribution in [0.2, 0.25) is 0 Å². The monoisotopic (exact) mass is 302 g/mol. The standard InChI is InChI=1S/C14H14N4O2S/c1-14(20,11-3-2-6-21-11)8-15-13(19)10-4-5-12-17-16-9-18(12)7-10/h2-7,9,20H,8H2,1H3,(H,15,19). The smallest absolute Gasteiger partial charge is 0.252 e. The summed E-state index contributed by atoms with van der Waals surface area (Å²) >= 11 is 1.46. The van der Waals surface area contributed by atoms with E-state index in [2.05, 4.69) is 15.5 Å². The number of amides is 1. The fourth-order valence-corrected chi connectivity index (χ4v) is 2.78. The maximum absolute atomic E-state index is 12.2. The zero-order valence-electron chi connectivity index (χ0n) is 11.4. The van der Waals surface area contributed by atoms with Crippen LogP contribution in [-0.4, -0.2) is 32.2 Å². The largest absolute Gasteiger partial charge is 0.383 e. The number of nitrogens with zero attached hydrogens (tertiary/aromatic N) is 3. The summed E-state index contributed by atoms with van der Waals surface area (Å²) in [6.07, 6.45) is 3.19. The summed E-state index contributed by atoms with van der Waals surface area (Å²) in [5.41, 5.74) is 0.0891. The highest BCUT2D eigenvalue weighted by Crippen LogP contribution is 2.24. The molecule has 3 rings (SSSR count). The molecule has 0 aliphatic carbocycles. The van der Waals surface area contributed by atoms with Gasteiger partial charge in [-0.05, 0) is 30.5 Å². The molecular formula is C14H14N4O2S. The van der Waals surface area contributed by atoms with E-state index in [1.54, 1.807) is 29.7 Å². The van der Waals surface area contributed by atoms with Crippen molar-refractivity contribution in [1.29, 1.82) is 0 Å². The van der Waals surface area contributed by atoms with Gasteiger partial charge in [-0.2, -0.15) is 0 Å². The van der Waals surface area contributed by atoms with Gasteiger partial charge in [0.15, 0.2) is 5.65 Å². The lowest BCUT2D eigenvalue weighted by Crippen LogP contribution is -2.38. The number of pyridine rings is 1. The second kappa shape index (κ2) is 5.27. The number of nitrogens with one attached hydrogen (secondary N) is 1. The van der Waals surface area contributed by atoms with Crippen molar-refractivity contribution < 1.29 is 9.90 Å². The molecule has 3 heterocycles. The Labute approximate surface area is 125 Å². The van der Waals surface area contributed by atoms with Gasteiger partial charge in [-0.25, -0.2) is 0 Å². The molecule has 108 valence electrons. The number of aromatic nitrogens is 3. The lowest BCUT2D eigenvalue weighted by Gasteiger charge is -2.22. The molecule has 0 aliphatic rings. The minimum absolute atomic E-state index is 0.145. The Morgan fingerprint density at radius 1 is 1.48 bits per heavy atom. The predicted octanol–water partition coefficient (Wildman–Crippen LogP) is 1.43. The van der Waals surface area contributed by atoms with E-state index < -0.39 is 5.60 Å². The summed E-state index contributed by atoms with van der Waals surface area (Å²) < 4.78 is 1.67. The van der Waals surface area contributed by atoms with Crippen LogP contribution in [0.4, 0.5) is 0 Å². The van der Waals surface area contributed by atoms with Crippen molar-refractivity contribution in [1.82, 2.24) is 19.9 Å². The summed E-state index contributed by atoms with van der Waals surface area (Å²) in [6.45, 7) is 1.83. The minimum atomic E-state index is -1.08. The Bertz CT molecular complexity index is 764. The van der Waals surface area contributed by atoms with Gasteiger partial charge in [0.2, 0.25) is 0 Å². The molecular weight excluding hydrogens is 288 g/mol. The van der Waals surface area contributed by atoms with Crippen molar-refractivity contribution in [2.75, 3.05) is 6.54 Å². The van der Waals surface area contributed by atoms with E-state index in [0.717, 1.165) is 4.88 Å². The Morgan fingerprint density at radius 2 is 2.33 bits per heavy atom. The molecule has 0 saturated heterocycles. The molecule has 3 aromatic rings. The van der Waals surface area contributed by atoms with Crippen molar-refractivity contribution in [3.63, 3.8) is 0 Å². The summed E-state index contributed by atoms with van der Waals surface area (Å²) in [5, 5.41) is 22.7. The average molecular weight is 302 g/mol. The highest BCUT2D eigenvalue weighted by molar-refractivity contribution is 7.10. The number of fused-ring (bicyclic) bond motifs is 1. The Balaban J connectivity index is 1.71. The summed E-state index contributed by atoms with van der Waals surface area (Å²) in [4.78, 5) is 13.0. The number of hydrogen-bond acceptors (Lipinski definition) is 5. The Kier molecular flexibility index (Phi) is 3.44. The number of carbonyl (C=O) groups excluding carboxylic acids is 1. The quantitative estimate of drug-likeness (QED) is 0.764. The van der Waals surface area contributed by atoms with Crippen LogP contribution in [0, 0.1) is 0 Å². The normalized spacial score (nSPS) is 14.0. The molecule has 3 aromatic heterocycles. The molecule has 7 heteroatoms. The van der Waals surface area contributed by atoms with Crippen LogP contribution < -0.4 is 5.32 Å². The number of aliphatic hydroxyl groups is 1. The third-order valence-corrected chi connectivity index (χ3v) is 4.32. The van der Waals surface area contributed by atoms with Crippen LogP contribution >= 0.6 is 11.3 Å². The predicted molar refractivity (Wildman–Crippen MR) is 79.2 cm³/mol. The number of carbonyl (C=O) groups is 1. The lowest BCUT2D eigenvalue weighted by molar-refractivity contribution is 0.0556. The molecule has 0 bridgehead atoms. The minimum Gasteiger partial charge on any atom is -0.383 e. The average Bonchev–Trinajstić information content (AvgIpc) is 3.14. The first-order valence-electron chi connectivity index (χ1n) is 6.40. The van der Waals surface area contributed by atoms with Gasteiger partial charge >= 0.3 is 0 Å². The maximum Gasteiger partial charge on any atom is 0.252 e. The molecule has 0 fully saturated rings. The molecule has 0 spiro atoms. The zero-order chi connectivity index (χ0) is 14.9. The third kappa shape index (κ3) is 2.79. The molecule has 0 aliphatic heterocycles. The van der Waals surface area contributed by atoms with Crippen molar-refractivity contribution in [3.8, 4) is 0 Å². The van der Waals surface area contributed by atoms with Gasteiger partial charge in [0.25, 0.3) is 5.91 Å². The highest BCUT2D eigenvalue weighted by Gasteiger charge is 2.25. The van der Waals surface area contributed by atoms with Crippen molar-refractivity contribution in [2.45, 2.75) is 12.5 Å². The summed E-state index contributed by atoms with van der Waals surface area (Å²) in [6, 6.07) is 7.12. The van der Waals surface area contributed by atoms with Gasteiger partial charge in [0.05, 0.1) is 12.1 Å². The number of thiophene rings is 1. The van der Waals surface area contributed by atoms with Crippen LogP contribution in [0.15, 0.2) is 42.2 Å². The first-order valence-corrected chi connectivity index (χ1v) is 7.28. The van der Waals surface area contributed by atoms with Gasteiger partial charge < -0.3 is 10.4 Å². The second-order valence-corrected chi connectivity index (χ2v) is 5.90. The lowest BCUT2D eigenvalue weighted by atomic mass is 10.1. The Hall–Kier alpha value is -2.25. The molecule has 21 heavy (non-hydrogen) atoms. The van der Waals surface area contributed by atoms with E-state index in [9.17, 15) is 9.90 Å². The molecule has 2 N–H and O–H groups in total. The van der Waals surface area contributed by atoms with Crippen LogP contribution in [0.5, 0.6) is 0 Å². The van der Waals surface area contributed by atoms with Gasteiger partial charge in [0, 0.05) is 11.1 Å². The topological polar surface area (TPSA) is 79.5 Å². The summed E-state index contributed by atoms with van der Waals surface area (Å²) in [5.74, 6) is -0.248. The summed E-state index contributed by atoms with van der Waals surface area (Å²) in [7, 11) is 0.